The number of H-pyrrole nitrogens is 1. The zero-order valence-corrected chi connectivity index (χ0v) is 24.6. The van der Waals surface area contributed by atoms with E-state index in [1.165, 1.54) is 18.1 Å². The van der Waals surface area contributed by atoms with Crippen LogP contribution >= 0.6 is 11.6 Å². The summed E-state index contributed by atoms with van der Waals surface area (Å²) in [4.78, 5) is 35.6. The molecule has 1 saturated heterocycles. The van der Waals surface area contributed by atoms with Gasteiger partial charge in [-0.25, -0.2) is 9.78 Å². The molecule has 12 heteroatoms. The lowest BCUT2D eigenvalue weighted by molar-refractivity contribution is -0.130. The summed E-state index contributed by atoms with van der Waals surface area (Å²) in [7, 11) is 1.32. The first-order valence-corrected chi connectivity index (χ1v) is 14.4. The van der Waals surface area contributed by atoms with Gasteiger partial charge in [-0.3, -0.25) is 10.1 Å². The largest absolute Gasteiger partial charge is 0.453 e. The molecule has 0 saturated carbocycles. The highest BCUT2D eigenvalue weighted by atomic mass is 35.5. The molecule has 2 amide bonds. The Labute approximate surface area is 258 Å². The topological polar surface area (TPSA) is 131 Å². The number of tetrazole rings is 1. The summed E-state index contributed by atoms with van der Waals surface area (Å²) in [6, 6.07) is 22.6. The van der Waals surface area contributed by atoms with E-state index >= 15 is 0 Å². The first-order valence-electron chi connectivity index (χ1n) is 14.1. The minimum Gasteiger partial charge on any atom is -0.453 e. The minimum absolute atomic E-state index is 0.0379. The number of ether oxygens (including phenoxy) is 1. The highest BCUT2D eigenvalue weighted by Gasteiger charge is 2.37. The number of piperidine rings is 1. The van der Waals surface area contributed by atoms with Gasteiger partial charge >= 0.3 is 6.09 Å². The fourth-order valence-electron chi connectivity index (χ4n) is 5.56. The number of carbonyl (C=O) groups excluding carboxylic acids is 2. The van der Waals surface area contributed by atoms with Crippen LogP contribution in [0.2, 0.25) is 5.02 Å². The van der Waals surface area contributed by atoms with E-state index in [-0.39, 0.29) is 17.9 Å². The lowest BCUT2D eigenvalue weighted by atomic mass is 9.83. The van der Waals surface area contributed by atoms with E-state index in [0.29, 0.717) is 34.3 Å². The van der Waals surface area contributed by atoms with Gasteiger partial charge in [0.25, 0.3) is 0 Å². The summed E-state index contributed by atoms with van der Waals surface area (Å²) < 4.78 is 6.19. The van der Waals surface area contributed by atoms with Gasteiger partial charge in [-0.15, -0.1) is 5.10 Å². The fraction of sp³-hybridized carbons (Fsp3) is 0.188. The number of amides is 2. The summed E-state index contributed by atoms with van der Waals surface area (Å²) in [6.45, 7) is 0.580. The second-order valence-corrected chi connectivity index (χ2v) is 10.7. The van der Waals surface area contributed by atoms with Crippen molar-refractivity contribution in [2.45, 2.75) is 24.8 Å². The van der Waals surface area contributed by atoms with Crippen molar-refractivity contribution in [3.63, 3.8) is 0 Å². The number of anilines is 1. The summed E-state index contributed by atoms with van der Waals surface area (Å²) in [5.74, 6) is 0.592. The van der Waals surface area contributed by atoms with Gasteiger partial charge in [-0.05, 0) is 70.8 Å². The molecule has 2 unspecified atom stereocenters. The van der Waals surface area contributed by atoms with Gasteiger partial charge in [0.2, 0.25) is 5.91 Å². The number of methoxy groups -OCH3 is 1. The standard InChI is InChI=1S/C32H29ClN8O3/c1-44-32(43)36-25-13-9-22(10-14-25)27-19-34-31(37-27)30-26(21-6-3-2-4-7-21)8-5-17-40(30)29(42)16-11-23-18-24(33)12-15-28(23)41-20-35-38-39-41/h2-4,6-7,9-16,18-20,26,30H,5,8,17H2,1H3,(H,34,37)(H,36,43). The molecular weight excluding hydrogens is 580 g/mol. The van der Waals surface area contributed by atoms with Crippen LogP contribution in [-0.2, 0) is 9.53 Å². The first kappa shape index (κ1) is 28.8. The normalized spacial score (nSPS) is 16.6. The Morgan fingerprint density at radius 1 is 1.09 bits per heavy atom. The van der Waals surface area contributed by atoms with Crippen molar-refractivity contribution in [3.05, 3.63) is 113 Å². The van der Waals surface area contributed by atoms with Crippen LogP contribution in [0.4, 0.5) is 10.5 Å². The highest BCUT2D eigenvalue weighted by Crippen LogP contribution is 2.42. The molecule has 0 radical (unpaired) electrons. The molecule has 2 N–H and O–H groups in total. The number of nitrogens with zero attached hydrogens (tertiary/aromatic N) is 6. The number of hydrogen-bond acceptors (Lipinski definition) is 7. The van der Waals surface area contributed by atoms with Gasteiger partial charge in [-0.1, -0.05) is 54.1 Å². The molecule has 3 aromatic carbocycles. The molecule has 0 bridgehead atoms. The molecule has 0 spiro atoms. The third kappa shape index (κ3) is 6.23. The van der Waals surface area contributed by atoms with Gasteiger partial charge in [0.1, 0.15) is 12.2 Å². The van der Waals surface area contributed by atoms with E-state index in [1.54, 1.807) is 48.7 Å². The van der Waals surface area contributed by atoms with Crippen molar-refractivity contribution >= 4 is 35.4 Å². The lowest BCUT2D eigenvalue weighted by Gasteiger charge is -2.40. The van der Waals surface area contributed by atoms with Gasteiger partial charge in [0, 0.05) is 34.8 Å². The zero-order valence-electron chi connectivity index (χ0n) is 23.8. The Balaban J connectivity index is 1.31. The van der Waals surface area contributed by atoms with E-state index in [0.717, 1.165) is 29.7 Å². The van der Waals surface area contributed by atoms with Crippen molar-refractivity contribution in [1.82, 2.24) is 35.1 Å². The summed E-state index contributed by atoms with van der Waals surface area (Å²) in [5, 5.41) is 14.6. The molecule has 5 aromatic rings. The van der Waals surface area contributed by atoms with E-state index in [1.807, 2.05) is 35.2 Å². The number of carbonyl (C=O) groups is 2. The Kier molecular flexibility index (Phi) is 8.46. The van der Waals surface area contributed by atoms with Gasteiger partial charge in [0.15, 0.2) is 0 Å². The van der Waals surface area contributed by atoms with Crippen LogP contribution in [0.15, 0.2) is 91.4 Å². The summed E-state index contributed by atoms with van der Waals surface area (Å²) in [5.41, 5.74) is 4.85. The molecule has 11 nitrogen and oxygen atoms in total. The predicted octanol–water partition coefficient (Wildman–Crippen LogP) is 6.04. The zero-order chi connectivity index (χ0) is 30.5. The Morgan fingerprint density at radius 2 is 1.91 bits per heavy atom. The fourth-order valence-corrected chi connectivity index (χ4v) is 5.74. The van der Waals surface area contributed by atoms with E-state index in [2.05, 4.69) is 42.7 Å². The average molecular weight is 609 g/mol. The maximum absolute atomic E-state index is 13.9. The van der Waals surface area contributed by atoms with Crippen molar-refractivity contribution in [3.8, 4) is 16.9 Å². The number of hydrogen-bond donors (Lipinski definition) is 2. The van der Waals surface area contributed by atoms with Crippen LogP contribution in [-0.4, -0.2) is 60.7 Å². The van der Waals surface area contributed by atoms with E-state index < -0.39 is 6.09 Å². The van der Waals surface area contributed by atoms with Crippen LogP contribution in [0.1, 0.15) is 41.8 Å². The number of aromatic amines is 1. The second-order valence-electron chi connectivity index (χ2n) is 10.3. The number of halogens is 1. The number of rotatable bonds is 7. The van der Waals surface area contributed by atoms with Crippen LogP contribution in [0, 0.1) is 0 Å². The number of aromatic nitrogens is 6. The van der Waals surface area contributed by atoms with Crippen LogP contribution in [0.25, 0.3) is 23.0 Å². The Bertz CT molecular complexity index is 1770. The number of nitrogens with one attached hydrogen (secondary N) is 2. The third-order valence-corrected chi connectivity index (χ3v) is 7.87. The lowest BCUT2D eigenvalue weighted by Crippen LogP contribution is -2.41. The monoisotopic (exact) mass is 608 g/mol. The number of imidazole rings is 1. The third-order valence-electron chi connectivity index (χ3n) is 7.64. The quantitative estimate of drug-likeness (QED) is 0.215. The van der Waals surface area contributed by atoms with Gasteiger partial charge < -0.3 is 14.6 Å². The molecule has 3 heterocycles. The van der Waals surface area contributed by atoms with Crippen molar-refractivity contribution < 1.29 is 14.3 Å². The van der Waals surface area contributed by atoms with Gasteiger partial charge in [-0.2, -0.15) is 4.68 Å². The molecule has 1 aliphatic rings. The molecule has 222 valence electrons. The molecular formula is C32H29ClN8O3. The van der Waals surface area contributed by atoms with Crippen LogP contribution < -0.4 is 5.32 Å². The average Bonchev–Trinajstić information content (AvgIpc) is 3.77. The van der Waals surface area contributed by atoms with Crippen molar-refractivity contribution in [2.24, 2.45) is 0 Å². The summed E-state index contributed by atoms with van der Waals surface area (Å²) >= 11 is 6.30. The van der Waals surface area contributed by atoms with Crippen molar-refractivity contribution in [1.29, 1.82) is 0 Å². The van der Waals surface area contributed by atoms with Gasteiger partial charge in [0.05, 0.1) is 30.7 Å². The van der Waals surface area contributed by atoms with Crippen LogP contribution in [0.5, 0.6) is 0 Å². The highest BCUT2D eigenvalue weighted by molar-refractivity contribution is 6.30. The Hall–Kier alpha value is -5.29. The molecule has 44 heavy (non-hydrogen) atoms. The second kappa shape index (κ2) is 12.9. The first-order chi connectivity index (χ1) is 21.5. The minimum atomic E-state index is -0.536. The molecule has 6 rings (SSSR count). The molecule has 2 aromatic heterocycles. The Morgan fingerprint density at radius 3 is 2.66 bits per heavy atom. The van der Waals surface area contributed by atoms with Crippen LogP contribution in [0.3, 0.4) is 0 Å². The number of benzene rings is 3. The summed E-state index contributed by atoms with van der Waals surface area (Å²) in [6.07, 6.45) is 7.80. The van der Waals surface area contributed by atoms with Crippen molar-refractivity contribution in [2.75, 3.05) is 19.0 Å². The SMILES string of the molecule is COC(=O)Nc1ccc(-c2cnc(C3C(c4ccccc4)CCCN3C(=O)C=Cc3cc(Cl)ccc3-n3cnnn3)[nH]2)cc1. The van der Waals surface area contributed by atoms with E-state index in [9.17, 15) is 9.59 Å². The van der Waals surface area contributed by atoms with E-state index in [4.69, 9.17) is 16.6 Å². The molecule has 0 aliphatic carbocycles. The maximum atomic E-state index is 13.9. The predicted molar refractivity (Wildman–Crippen MR) is 166 cm³/mol. The molecule has 1 aliphatic heterocycles. The maximum Gasteiger partial charge on any atom is 0.411 e. The smallest absolute Gasteiger partial charge is 0.411 e. The molecule has 1 fully saturated rings. The number of likely N-dealkylation sites (tertiary alicyclic amines) is 1. The molecule has 2 atom stereocenters.